The van der Waals surface area contributed by atoms with Gasteiger partial charge in [0.1, 0.15) is 0 Å². The van der Waals surface area contributed by atoms with Gasteiger partial charge in [-0.25, -0.2) is 4.79 Å². The van der Waals surface area contributed by atoms with E-state index in [2.05, 4.69) is 22.4 Å². The molecule has 1 fully saturated rings. The Morgan fingerprint density at radius 3 is 2.78 bits per heavy atom. The minimum absolute atomic E-state index is 0.0261. The van der Waals surface area contributed by atoms with Crippen molar-refractivity contribution in [1.29, 1.82) is 0 Å². The predicted molar refractivity (Wildman–Crippen MR) is 64.3 cm³/mol. The van der Waals surface area contributed by atoms with E-state index < -0.39 is 5.97 Å². The molecule has 1 aliphatic rings. The molecule has 1 aromatic heterocycles. The number of rotatable bonds is 4. The molecule has 6 heteroatoms. The number of hydrogen-bond acceptors (Lipinski definition) is 6. The van der Waals surface area contributed by atoms with Crippen LogP contribution in [-0.4, -0.2) is 35.8 Å². The number of nitrogens with zero attached hydrogens (tertiary/aromatic N) is 2. The summed E-state index contributed by atoms with van der Waals surface area (Å²) in [6.07, 6.45) is 2.83. The van der Waals surface area contributed by atoms with Gasteiger partial charge in [-0.1, -0.05) is 6.92 Å². The molecule has 0 spiro atoms. The molecular formula is C12H19N3O3. The van der Waals surface area contributed by atoms with Gasteiger partial charge < -0.3 is 14.6 Å². The van der Waals surface area contributed by atoms with E-state index in [4.69, 9.17) is 9.26 Å². The Morgan fingerprint density at radius 1 is 1.44 bits per heavy atom. The second kappa shape index (κ2) is 5.48. The first-order valence-corrected chi connectivity index (χ1v) is 6.44. The van der Waals surface area contributed by atoms with Gasteiger partial charge in [0.25, 0.3) is 5.82 Å². The van der Waals surface area contributed by atoms with Gasteiger partial charge in [-0.15, -0.1) is 0 Å². The molecule has 0 bridgehead atoms. The molecular weight excluding hydrogens is 234 g/mol. The topological polar surface area (TPSA) is 77.2 Å². The van der Waals surface area contributed by atoms with Crippen molar-refractivity contribution in [3.8, 4) is 0 Å². The van der Waals surface area contributed by atoms with Crippen LogP contribution >= 0.6 is 0 Å². The van der Waals surface area contributed by atoms with Crippen molar-refractivity contribution < 1.29 is 14.1 Å². The van der Waals surface area contributed by atoms with Gasteiger partial charge in [0, 0.05) is 0 Å². The van der Waals surface area contributed by atoms with Crippen molar-refractivity contribution in [2.75, 3.05) is 19.7 Å². The summed E-state index contributed by atoms with van der Waals surface area (Å²) in [6, 6.07) is 0. The minimum Gasteiger partial charge on any atom is -0.460 e. The van der Waals surface area contributed by atoms with Crippen LogP contribution in [0.25, 0.3) is 0 Å². The fourth-order valence-corrected chi connectivity index (χ4v) is 2.34. The Labute approximate surface area is 106 Å². The summed E-state index contributed by atoms with van der Waals surface area (Å²) >= 11 is 0. The zero-order chi connectivity index (χ0) is 13.0. The van der Waals surface area contributed by atoms with Crippen molar-refractivity contribution >= 4 is 5.97 Å². The molecule has 0 radical (unpaired) electrons. The summed E-state index contributed by atoms with van der Waals surface area (Å²) < 4.78 is 10.1. The molecule has 1 N–H and O–H groups in total. The zero-order valence-corrected chi connectivity index (χ0v) is 10.9. The molecule has 100 valence electrons. The van der Waals surface area contributed by atoms with Crippen LogP contribution in [0.2, 0.25) is 0 Å². The van der Waals surface area contributed by atoms with Crippen LogP contribution in [0.4, 0.5) is 0 Å². The molecule has 0 amide bonds. The summed E-state index contributed by atoms with van der Waals surface area (Å²) in [5, 5.41) is 7.03. The average Bonchev–Trinajstić information content (AvgIpc) is 2.90. The van der Waals surface area contributed by atoms with Crippen LogP contribution in [0, 0.1) is 0 Å². The van der Waals surface area contributed by atoms with E-state index in [1.807, 2.05) is 0 Å². The average molecular weight is 253 g/mol. The van der Waals surface area contributed by atoms with Crippen molar-refractivity contribution in [3.63, 3.8) is 0 Å². The Morgan fingerprint density at radius 2 is 2.17 bits per heavy atom. The van der Waals surface area contributed by atoms with Crippen LogP contribution in [0.3, 0.4) is 0 Å². The number of carbonyl (C=O) groups is 1. The monoisotopic (exact) mass is 253 g/mol. The number of aromatic nitrogens is 2. The molecule has 1 aliphatic heterocycles. The first-order valence-electron chi connectivity index (χ1n) is 6.44. The first-order chi connectivity index (χ1) is 8.72. The van der Waals surface area contributed by atoms with Crippen LogP contribution in [0.15, 0.2) is 4.52 Å². The lowest BCUT2D eigenvalue weighted by Gasteiger charge is -2.33. The minimum atomic E-state index is -0.521. The van der Waals surface area contributed by atoms with Crippen molar-refractivity contribution in [1.82, 2.24) is 15.5 Å². The Kier molecular flexibility index (Phi) is 3.96. The Bertz CT molecular complexity index is 410. The zero-order valence-electron chi connectivity index (χ0n) is 10.9. The number of nitrogens with one attached hydrogen (secondary N) is 1. The molecule has 2 rings (SSSR count). The maximum atomic E-state index is 11.5. The van der Waals surface area contributed by atoms with Crippen LogP contribution < -0.4 is 5.32 Å². The second-order valence-corrected chi connectivity index (χ2v) is 4.53. The second-order valence-electron chi connectivity index (χ2n) is 4.53. The smallest absolute Gasteiger partial charge is 0.379 e. The van der Waals surface area contributed by atoms with Gasteiger partial charge >= 0.3 is 5.97 Å². The van der Waals surface area contributed by atoms with E-state index in [-0.39, 0.29) is 11.2 Å². The third-order valence-corrected chi connectivity index (χ3v) is 3.58. The highest BCUT2D eigenvalue weighted by atomic mass is 16.5. The summed E-state index contributed by atoms with van der Waals surface area (Å²) in [4.78, 5) is 15.7. The van der Waals surface area contributed by atoms with Gasteiger partial charge in [0.05, 0.1) is 12.0 Å². The standard InChI is InChI=1S/C12H19N3O3/c1-3-12(5-7-13-8-6-12)11-14-9(15-18-11)10(16)17-4-2/h13H,3-8H2,1-2H3. The van der Waals surface area contributed by atoms with Gasteiger partial charge in [0.15, 0.2) is 0 Å². The molecule has 1 saturated heterocycles. The predicted octanol–water partition coefficient (Wildman–Crippen LogP) is 1.28. The van der Waals surface area contributed by atoms with Crippen LogP contribution in [0.5, 0.6) is 0 Å². The van der Waals surface area contributed by atoms with Crippen molar-refractivity contribution in [3.05, 3.63) is 11.7 Å². The third-order valence-electron chi connectivity index (χ3n) is 3.58. The van der Waals surface area contributed by atoms with E-state index >= 15 is 0 Å². The highest BCUT2D eigenvalue weighted by Crippen LogP contribution is 2.35. The highest BCUT2D eigenvalue weighted by molar-refractivity contribution is 5.84. The molecule has 2 heterocycles. The summed E-state index contributed by atoms with van der Waals surface area (Å²) in [7, 11) is 0. The molecule has 6 nitrogen and oxygen atoms in total. The highest BCUT2D eigenvalue weighted by Gasteiger charge is 2.38. The molecule has 0 saturated carbocycles. The number of piperidine rings is 1. The fraction of sp³-hybridized carbons (Fsp3) is 0.750. The van der Waals surface area contributed by atoms with Gasteiger partial charge in [0.2, 0.25) is 5.89 Å². The fourth-order valence-electron chi connectivity index (χ4n) is 2.34. The summed E-state index contributed by atoms with van der Waals surface area (Å²) in [5.74, 6) is 0.0699. The van der Waals surface area contributed by atoms with Gasteiger partial charge in [-0.3, -0.25) is 0 Å². The number of hydrogen-bond donors (Lipinski definition) is 1. The number of carbonyl (C=O) groups excluding carboxylic acids is 1. The lowest BCUT2D eigenvalue weighted by Crippen LogP contribution is -2.39. The molecule has 18 heavy (non-hydrogen) atoms. The lowest BCUT2D eigenvalue weighted by atomic mass is 9.76. The van der Waals surface area contributed by atoms with Crippen LogP contribution in [-0.2, 0) is 10.2 Å². The molecule has 0 unspecified atom stereocenters. The molecule has 0 aliphatic carbocycles. The molecule has 0 atom stereocenters. The van der Waals surface area contributed by atoms with Crippen molar-refractivity contribution in [2.24, 2.45) is 0 Å². The SMILES string of the molecule is CCOC(=O)c1noc(C2(CC)CCNCC2)n1. The lowest BCUT2D eigenvalue weighted by molar-refractivity contribution is 0.0508. The van der Waals surface area contributed by atoms with Gasteiger partial charge in [-0.05, 0) is 44.4 Å². The molecule has 1 aromatic rings. The van der Waals surface area contributed by atoms with Gasteiger partial charge in [-0.2, -0.15) is 4.98 Å². The summed E-state index contributed by atoms with van der Waals surface area (Å²) in [5.41, 5.74) is -0.0943. The maximum absolute atomic E-state index is 11.5. The van der Waals surface area contributed by atoms with E-state index in [0.717, 1.165) is 32.4 Å². The van der Waals surface area contributed by atoms with E-state index in [1.54, 1.807) is 6.92 Å². The van der Waals surface area contributed by atoms with E-state index in [9.17, 15) is 4.79 Å². The first kappa shape index (κ1) is 13.0. The Balaban J connectivity index is 2.19. The van der Waals surface area contributed by atoms with Crippen molar-refractivity contribution in [2.45, 2.75) is 38.5 Å². The molecule has 0 aromatic carbocycles. The number of ether oxygens (including phenoxy) is 1. The Hall–Kier alpha value is -1.43. The van der Waals surface area contributed by atoms with E-state index in [0.29, 0.717) is 12.5 Å². The normalized spacial score (nSPS) is 18.6. The maximum Gasteiger partial charge on any atom is 0.379 e. The largest absolute Gasteiger partial charge is 0.460 e. The number of esters is 1. The van der Waals surface area contributed by atoms with Crippen LogP contribution in [0.1, 0.15) is 49.6 Å². The van der Waals surface area contributed by atoms with E-state index in [1.165, 1.54) is 0 Å². The summed E-state index contributed by atoms with van der Waals surface area (Å²) in [6.45, 7) is 6.04. The third kappa shape index (κ3) is 2.38. The quantitative estimate of drug-likeness (QED) is 0.814.